The Morgan fingerprint density at radius 1 is 1.08 bits per heavy atom. The van der Waals surface area contributed by atoms with Crippen LogP contribution in [0.5, 0.6) is 5.75 Å². The van der Waals surface area contributed by atoms with Crippen LogP contribution in [0.1, 0.15) is 40.5 Å². The highest BCUT2D eigenvalue weighted by Gasteiger charge is 2.51. The molecule has 1 heterocycles. The number of benzene rings is 1. The number of sulfonamides is 1. The normalized spacial score (nSPS) is 27.8. The van der Waals surface area contributed by atoms with Gasteiger partial charge in [0, 0.05) is 12.8 Å². The quantitative estimate of drug-likeness (QED) is 0.798. The molecule has 138 valence electrons. The second kappa shape index (κ2) is 6.26. The van der Waals surface area contributed by atoms with Crippen LogP contribution in [0.25, 0.3) is 0 Å². The highest BCUT2D eigenvalue weighted by Crippen LogP contribution is 2.36. The van der Waals surface area contributed by atoms with E-state index in [0.29, 0.717) is 12.8 Å². The second-order valence-corrected chi connectivity index (χ2v) is 9.90. The SMILES string of the molecule is CNS(=O)(=O)C1CC(Oc2ccc(B3OC(C)(C)C(C)(C)O3)cc2)C1. The third-order valence-corrected chi connectivity index (χ3v) is 7.31. The molecule has 0 amide bonds. The number of nitrogens with one attached hydrogen (secondary N) is 1. The van der Waals surface area contributed by atoms with Crippen LogP contribution in [-0.2, 0) is 19.3 Å². The first-order valence-electron chi connectivity index (χ1n) is 8.59. The summed E-state index contributed by atoms with van der Waals surface area (Å²) in [6, 6.07) is 7.61. The summed E-state index contributed by atoms with van der Waals surface area (Å²) in [6.07, 6.45) is 0.973. The highest BCUT2D eigenvalue weighted by atomic mass is 32.2. The molecule has 1 saturated heterocycles. The average Bonchev–Trinajstić information content (AvgIpc) is 2.71. The lowest BCUT2D eigenvalue weighted by Crippen LogP contribution is -2.46. The van der Waals surface area contributed by atoms with Crippen LogP contribution in [0.2, 0.25) is 0 Å². The summed E-state index contributed by atoms with van der Waals surface area (Å²) in [5.74, 6) is 0.727. The number of ether oxygens (including phenoxy) is 1. The third-order valence-electron chi connectivity index (χ3n) is 5.48. The van der Waals surface area contributed by atoms with E-state index in [1.54, 1.807) is 0 Å². The highest BCUT2D eigenvalue weighted by molar-refractivity contribution is 7.90. The van der Waals surface area contributed by atoms with E-state index in [4.69, 9.17) is 14.0 Å². The lowest BCUT2D eigenvalue weighted by molar-refractivity contribution is 0.00578. The van der Waals surface area contributed by atoms with Gasteiger partial charge in [-0.3, -0.25) is 0 Å². The van der Waals surface area contributed by atoms with Crippen LogP contribution in [0.15, 0.2) is 24.3 Å². The van der Waals surface area contributed by atoms with Crippen molar-refractivity contribution in [2.24, 2.45) is 0 Å². The largest absolute Gasteiger partial charge is 0.494 e. The maximum atomic E-state index is 11.7. The molecule has 1 aliphatic carbocycles. The molecule has 0 bridgehead atoms. The zero-order valence-electron chi connectivity index (χ0n) is 15.4. The molecule has 2 fully saturated rings. The summed E-state index contributed by atoms with van der Waals surface area (Å²) in [5, 5.41) is -0.355. The van der Waals surface area contributed by atoms with Gasteiger partial charge in [-0.1, -0.05) is 12.1 Å². The first kappa shape index (κ1) is 18.7. The summed E-state index contributed by atoms with van der Waals surface area (Å²) in [4.78, 5) is 0. The summed E-state index contributed by atoms with van der Waals surface area (Å²) < 4.78 is 43.6. The minimum absolute atomic E-state index is 0.0594. The Bertz CT molecular complexity index is 710. The Morgan fingerprint density at radius 2 is 1.60 bits per heavy atom. The monoisotopic (exact) mass is 367 g/mol. The van der Waals surface area contributed by atoms with E-state index in [1.807, 2.05) is 52.0 Å². The number of hydrogen-bond donors (Lipinski definition) is 1. The number of rotatable bonds is 5. The molecule has 0 atom stereocenters. The topological polar surface area (TPSA) is 73.9 Å². The summed E-state index contributed by atoms with van der Waals surface area (Å²) in [7, 11) is -2.14. The molecule has 0 radical (unpaired) electrons. The maximum Gasteiger partial charge on any atom is 0.494 e. The molecular formula is C17H26BNO5S. The Morgan fingerprint density at radius 3 is 2.08 bits per heavy atom. The second-order valence-electron chi connectivity index (χ2n) is 7.74. The summed E-state index contributed by atoms with van der Waals surface area (Å²) in [5.41, 5.74) is 0.203. The van der Waals surface area contributed by atoms with E-state index < -0.39 is 17.1 Å². The van der Waals surface area contributed by atoms with Crippen LogP contribution >= 0.6 is 0 Å². The molecule has 3 rings (SSSR count). The molecule has 2 aliphatic rings. The van der Waals surface area contributed by atoms with Gasteiger partial charge in [0.15, 0.2) is 0 Å². The summed E-state index contributed by atoms with van der Waals surface area (Å²) >= 11 is 0. The predicted octanol–water partition coefficient (Wildman–Crippen LogP) is 1.44. The Labute approximate surface area is 150 Å². The molecule has 0 aromatic heterocycles. The predicted molar refractivity (Wildman–Crippen MR) is 97.6 cm³/mol. The van der Waals surface area contributed by atoms with Gasteiger partial charge in [0.2, 0.25) is 10.0 Å². The van der Waals surface area contributed by atoms with E-state index in [0.717, 1.165) is 11.2 Å². The van der Waals surface area contributed by atoms with Crippen molar-refractivity contribution in [2.75, 3.05) is 7.05 Å². The Balaban J connectivity index is 1.58. The molecule has 1 aromatic carbocycles. The number of hydrogen-bond acceptors (Lipinski definition) is 5. The molecule has 1 saturated carbocycles. The standard InChI is InChI=1S/C17H26BNO5S/c1-16(2)17(3,4)24-18(23-16)12-6-8-13(9-7-12)22-14-10-15(11-14)25(20,21)19-5/h6-9,14-15,19H,10-11H2,1-5H3. The fourth-order valence-electron chi connectivity index (χ4n) is 2.91. The molecule has 1 aliphatic heterocycles. The van der Waals surface area contributed by atoms with Crippen LogP contribution in [0.3, 0.4) is 0 Å². The fraction of sp³-hybridized carbons (Fsp3) is 0.647. The molecule has 8 heteroatoms. The van der Waals surface area contributed by atoms with Crippen LogP contribution < -0.4 is 14.9 Å². The van der Waals surface area contributed by atoms with Gasteiger partial charge in [0.05, 0.1) is 16.5 Å². The molecular weight excluding hydrogens is 341 g/mol. The van der Waals surface area contributed by atoms with E-state index in [9.17, 15) is 8.42 Å². The first-order chi connectivity index (χ1) is 11.5. The molecule has 0 unspecified atom stereocenters. The molecule has 0 spiro atoms. The lowest BCUT2D eigenvalue weighted by atomic mass is 9.79. The summed E-state index contributed by atoms with van der Waals surface area (Å²) in [6.45, 7) is 8.10. The van der Waals surface area contributed by atoms with Crippen molar-refractivity contribution in [2.45, 2.75) is 63.1 Å². The van der Waals surface area contributed by atoms with Crippen molar-refractivity contribution >= 4 is 22.6 Å². The van der Waals surface area contributed by atoms with Crippen molar-refractivity contribution < 1.29 is 22.5 Å². The maximum absolute atomic E-state index is 11.7. The minimum Gasteiger partial charge on any atom is -0.490 e. The van der Waals surface area contributed by atoms with E-state index >= 15 is 0 Å². The fourth-order valence-corrected chi connectivity index (χ4v) is 4.18. The van der Waals surface area contributed by atoms with Gasteiger partial charge in [-0.2, -0.15) is 0 Å². The van der Waals surface area contributed by atoms with Gasteiger partial charge in [-0.15, -0.1) is 0 Å². The van der Waals surface area contributed by atoms with E-state index in [-0.39, 0.29) is 22.6 Å². The zero-order valence-corrected chi connectivity index (χ0v) is 16.2. The van der Waals surface area contributed by atoms with Gasteiger partial charge >= 0.3 is 7.12 Å². The Kier molecular flexibility index (Phi) is 4.69. The molecule has 1 aromatic rings. The molecule has 25 heavy (non-hydrogen) atoms. The molecule has 6 nitrogen and oxygen atoms in total. The Hall–Kier alpha value is -1.09. The van der Waals surface area contributed by atoms with Crippen molar-refractivity contribution in [3.63, 3.8) is 0 Å². The minimum atomic E-state index is -3.19. The van der Waals surface area contributed by atoms with Gasteiger partial charge < -0.3 is 14.0 Å². The van der Waals surface area contributed by atoms with Crippen LogP contribution in [0.4, 0.5) is 0 Å². The van der Waals surface area contributed by atoms with Gasteiger partial charge in [-0.05, 0) is 52.3 Å². The molecule has 1 N–H and O–H groups in total. The first-order valence-corrected chi connectivity index (χ1v) is 10.1. The van der Waals surface area contributed by atoms with Gasteiger partial charge in [-0.25, -0.2) is 13.1 Å². The van der Waals surface area contributed by atoms with Crippen molar-refractivity contribution in [1.29, 1.82) is 0 Å². The average molecular weight is 367 g/mol. The smallest absolute Gasteiger partial charge is 0.490 e. The van der Waals surface area contributed by atoms with Crippen LogP contribution in [0, 0.1) is 0 Å². The van der Waals surface area contributed by atoms with E-state index in [2.05, 4.69) is 4.72 Å². The van der Waals surface area contributed by atoms with Crippen LogP contribution in [-0.4, -0.2) is 45.1 Å². The van der Waals surface area contributed by atoms with E-state index in [1.165, 1.54) is 7.05 Å². The third kappa shape index (κ3) is 3.58. The van der Waals surface area contributed by atoms with Crippen molar-refractivity contribution in [3.05, 3.63) is 24.3 Å². The van der Waals surface area contributed by atoms with Crippen molar-refractivity contribution in [3.8, 4) is 5.75 Å². The zero-order chi connectivity index (χ0) is 18.5. The van der Waals surface area contributed by atoms with Gasteiger partial charge in [0.1, 0.15) is 11.9 Å². The van der Waals surface area contributed by atoms with Crippen molar-refractivity contribution in [1.82, 2.24) is 4.72 Å². The lowest BCUT2D eigenvalue weighted by Gasteiger charge is -2.34. The van der Waals surface area contributed by atoms with Gasteiger partial charge in [0.25, 0.3) is 0 Å².